The molecule has 0 spiro atoms. The highest BCUT2D eigenvalue weighted by molar-refractivity contribution is 7.89. The second-order valence-electron chi connectivity index (χ2n) is 5.56. The zero-order chi connectivity index (χ0) is 19.3. The normalized spacial score (nSPS) is 12.5. The molecule has 0 fully saturated rings. The summed E-state index contributed by atoms with van der Waals surface area (Å²) >= 11 is 1.12. The van der Waals surface area contributed by atoms with Crippen molar-refractivity contribution in [1.29, 1.82) is 0 Å². The first-order valence-electron chi connectivity index (χ1n) is 8.15. The number of fused-ring (bicyclic) bond motifs is 1. The Kier molecular flexibility index (Phi) is 6.68. The highest BCUT2D eigenvalue weighted by Crippen LogP contribution is 2.21. The van der Waals surface area contributed by atoms with Crippen molar-refractivity contribution in [1.82, 2.24) is 4.57 Å². The molecule has 1 aromatic carbocycles. The van der Waals surface area contributed by atoms with Crippen LogP contribution in [0.15, 0.2) is 28.1 Å². The van der Waals surface area contributed by atoms with Crippen molar-refractivity contribution in [3.05, 3.63) is 23.0 Å². The molecule has 0 bridgehead atoms. The van der Waals surface area contributed by atoms with Crippen LogP contribution in [0.4, 0.5) is 0 Å². The second-order valence-corrected chi connectivity index (χ2v) is 8.13. The van der Waals surface area contributed by atoms with Crippen LogP contribution < -0.4 is 9.94 Å². The monoisotopic (exact) mass is 399 g/mol. The molecule has 26 heavy (non-hydrogen) atoms. The van der Waals surface area contributed by atoms with Gasteiger partial charge in [0.25, 0.3) is 0 Å². The fourth-order valence-electron chi connectivity index (χ4n) is 2.29. The molecule has 2 aromatic rings. The Balaban J connectivity index is 2.58. The maximum Gasteiger partial charge on any atom is 0.326 e. The van der Waals surface area contributed by atoms with Gasteiger partial charge in [0, 0.05) is 6.42 Å². The van der Waals surface area contributed by atoms with Crippen molar-refractivity contribution >= 4 is 43.5 Å². The van der Waals surface area contributed by atoms with Crippen LogP contribution in [0.1, 0.15) is 33.1 Å². The maximum atomic E-state index is 12.0. The van der Waals surface area contributed by atoms with E-state index in [0.717, 1.165) is 24.2 Å². The molecule has 8 nitrogen and oxygen atoms in total. The van der Waals surface area contributed by atoms with Crippen LogP contribution in [0.2, 0.25) is 0 Å². The van der Waals surface area contributed by atoms with Crippen molar-refractivity contribution in [2.24, 2.45) is 10.1 Å². The Morgan fingerprint density at radius 2 is 2.04 bits per heavy atom. The van der Waals surface area contributed by atoms with Gasteiger partial charge < -0.3 is 9.30 Å². The highest BCUT2D eigenvalue weighted by atomic mass is 32.2. The molecular weight excluding hydrogens is 378 g/mol. The van der Waals surface area contributed by atoms with Gasteiger partial charge in [-0.25, -0.2) is 13.6 Å². The highest BCUT2D eigenvalue weighted by Gasteiger charge is 2.15. The van der Waals surface area contributed by atoms with E-state index in [1.807, 2.05) is 6.92 Å². The summed E-state index contributed by atoms with van der Waals surface area (Å²) in [5.74, 6) is -0.757. The van der Waals surface area contributed by atoms with Crippen molar-refractivity contribution in [3.8, 4) is 0 Å². The first-order chi connectivity index (χ1) is 12.3. The Morgan fingerprint density at radius 1 is 1.31 bits per heavy atom. The molecule has 0 aliphatic rings. The lowest BCUT2D eigenvalue weighted by molar-refractivity contribution is -0.143. The number of carbonyl (C=O) groups excluding carboxylic acids is 2. The van der Waals surface area contributed by atoms with E-state index >= 15 is 0 Å². The third kappa shape index (κ3) is 4.99. The smallest absolute Gasteiger partial charge is 0.326 e. The minimum Gasteiger partial charge on any atom is -0.465 e. The minimum absolute atomic E-state index is 0.0432. The average Bonchev–Trinajstić information content (AvgIpc) is 2.89. The number of unbranched alkanes of at least 4 members (excludes halogenated alkanes) is 1. The van der Waals surface area contributed by atoms with E-state index in [2.05, 4.69) is 4.99 Å². The van der Waals surface area contributed by atoms with Crippen LogP contribution in [0.3, 0.4) is 0 Å². The Morgan fingerprint density at radius 3 is 2.65 bits per heavy atom. The lowest BCUT2D eigenvalue weighted by Gasteiger charge is -2.05. The van der Waals surface area contributed by atoms with Gasteiger partial charge in [0.1, 0.15) is 6.54 Å². The predicted octanol–water partition coefficient (Wildman–Crippen LogP) is 1.53. The van der Waals surface area contributed by atoms with Crippen molar-refractivity contribution in [3.63, 3.8) is 0 Å². The van der Waals surface area contributed by atoms with Crippen LogP contribution in [0.5, 0.6) is 0 Å². The summed E-state index contributed by atoms with van der Waals surface area (Å²) < 4.78 is 30.2. The summed E-state index contributed by atoms with van der Waals surface area (Å²) in [6, 6.07) is 4.31. The first kappa shape index (κ1) is 20.3. The molecule has 0 aliphatic carbocycles. The van der Waals surface area contributed by atoms with Crippen LogP contribution in [-0.4, -0.2) is 31.5 Å². The molecule has 0 atom stereocenters. The van der Waals surface area contributed by atoms with E-state index in [1.54, 1.807) is 17.6 Å². The third-order valence-corrected chi connectivity index (χ3v) is 5.49. The lowest BCUT2D eigenvalue weighted by Crippen LogP contribution is -2.23. The van der Waals surface area contributed by atoms with Crippen LogP contribution in [0, 0.1) is 0 Å². The summed E-state index contributed by atoms with van der Waals surface area (Å²) in [6.07, 6.45) is 1.90. The van der Waals surface area contributed by atoms with E-state index in [0.29, 0.717) is 21.4 Å². The van der Waals surface area contributed by atoms with Crippen LogP contribution >= 0.6 is 11.3 Å². The van der Waals surface area contributed by atoms with Gasteiger partial charge in [0.15, 0.2) is 4.80 Å². The SMILES string of the molecule is CCCCC(=O)N=c1sc2cc(S(N)(=O)=O)ccc2n1CC(=O)OCC. The van der Waals surface area contributed by atoms with Gasteiger partial charge in [-0.1, -0.05) is 24.7 Å². The number of nitrogens with two attached hydrogens (primary N) is 1. The molecule has 0 unspecified atom stereocenters. The molecule has 2 rings (SSSR count). The number of esters is 1. The van der Waals surface area contributed by atoms with Crippen LogP contribution in [0.25, 0.3) is 10.2 Å². The molecule has 1 amide bonds. The summed E-state index contributed by atoms with van der Waals surface area (Å²) in [7, 11) is -3.86. The fraction of sp³-hybridized carbons (Fsp3) is 0.438. The van der Waals surface area contributed by atoms with Crippen LogP contribution in [-0.2, 0) is 30.9 Å². The van der Waals surface area contributed by atoms with Gasteiger partial charge in [-0.2, -0.15) is 4.99 Å². The van der Waals surface area contributed by atoms with Gasteiger partial charge in [-0.15, -0.1) is 0 Å². The number of primary sulfonamides is 1. The Labute approximate surface area is 155 Å². The quantitative estimate of drug-likeness (QED) is 0.708. The number of nitrogens with zero attached hydrogens (tertiary/aromatic N) is 2. The number of hydrogen-bond acceptors (Lipinski definition) is 6. The maximum absolute atomic E-state index is 12.0. The summed E-state index contributed by atoms with van der Waals surface area (Å²) in [4.78, 5) is 28.3. The predicted molar refractivity (Wildman–Crippen MR) is 97.9 cm³/mol. The van der Waals surface area contributed by atoms with E-state index in [-0.39, 0.29) is 24.0 Å². The van der Waals surface area contributed by atoms with Gasteiger partial charge in [0.2, 0.25) is 15.9 Å². The number of aromatic nitrogens is 1. The standard InChI is InChI=1S/C16H21N3O5S2/c1-3-5-6-14(20)18-16-19(10-15(21)24-4-2)12-8-7-11(26(17,22)23)9-13(12)25-16/h7-9H,3-6,10H2,1-2H3,(H2,17,22,23). The third-order valence-electron chi connectivity index (χ3n) is 3.54. The molecule has 0 radical (unpaired) electrons. The summed E-state index contributed by atoms with van der Waals surface area (Å²) in [6.45, 7) is 3.79. The Hall–Kier alpha value is -2.04. The zero-order valence-corrected chi connectivity index (χ0v) is 16.2. The number of thiazole rings is 1. The topological polar surface area (TPSA) is 121 Å². The molecule has 2 N–H and O–H groups in total. The molecule has 0 saturated heterocycles. The number of sulfonamides is 1. The second kappa shape index (κ2) is 8.56. The fourth-order valence-corrected chi connectivity index (χ4v) is 4.00. The zero-order valence-electron chi connectivity index (χ0n) is 14.6. The summed E-state index contributed by atoms with van der Waals surface area (Å²) in [5.41, 5.74) is 0.581. The molecule has 1 heterocycles. The van der Waals surface area contributed by atoms with E-state index in [4.69, 9.17) is 9.88 Å². The average molecular weight is 399 g/mol. The number of ether oxygens (including phenoxy) is 1. The van der Waals surface area contributed by atoms with Gasteiger partial charge >= 0.3 is 5.97 Å². The number of carbonyl (C=O) groups is 2. The molecule has 10 heteroatoms. The molecule has 0 saturated carbocycles. The molecule has 0 aliphatic heterocycles. The number of rotatable bonds is 7. The number of hydrogen-bond donors (Lipinski definition) is 1. The Bertz CT molecular complexity index is 989. The van der Waals surface area contributed by atoms with Crippen molar-refractivity contribution in [2.75, 3.05) is 6.61 Å². The van der Waals surface area contributed by atoms with E-state index in [9.17, 15) is 18.0 Å². The van der Waals surface area contributed by atoms with E-state index in [1.165, 1.54) is 12.1 Å². The molecular formula is C16H21N3O5S2. The van der Waals surface area contributed by atoms with Crippen molar-refractivity contribution in [2.45, 2.75) is 44.6 Å². The minimum atomic E-state index is -3.86. The first-order valence-corrected chi connectivity index (χ1v) is 10.5. The van der Waals surface area contributed by atoms with Crippen molar-refractivity contribution < 1.29 is 22.7 Å². The van der Waals surface area contributed by atoms with Gasteiger partial charge in [0.05, 0.1) is 21.7 Å². The van der Waals surface area contributed by atoms with Gasteiger partial charge in [-0.05, 0) is 31.5 Å². The number of amides is 1. The largest absolute Gasteiger partial charge is 0.465 e. The number of benzene rings is 1. The lowest BCUT2D eigenvalue weighted by atomic mass is 10.2. The molecule has 142 valence electrons. The van der Waals surface area contributed by atoms with Gasteiger partial charge in [-0.3, -0.25) is 9.59 Å². The molecule has 1 aromatic heterocycles. The summed E-state index contributed by atoms with van der Waals surface area (Å²) in [5, 5.41) is 5.17. The van der Waals surface area contributed by atoms with E-state index < -0.39 is 16.0 Å².